The molecule has 0 bridgehead atoms. The van der Waals surface area contributed by atoms with Crippen LogP contribution < -0.4 is 5.32 Å². The Bertz CT molecular complexity index is 238. The summed E-state index contributed by atoms with van der Waals surface area (Å²) in [6, 6.07) is -0.125. The summed E-state index contributed by atoms with van der Waals surface area (Å²) in [6.45, 7) is 1.41. The molecule has 2 aliphatic rings. The van der Waals surface area contributed by atoms with Gasteiger partial charge in [0.2, 0.25) is 5.91 Å². The summed E-state index contributed by atoms with van der Waals surface area (Å²) < 4.78 is 0. The van der Waals surface area contributed by atoms with Gasteiger partial charge in [0.05, 0.1) is 18.2 Å². The molecule has 2 heterocycles. The first-order valence-corrected chi connectivity index (χ1v) is 6.07. The van der Waals surface area contributed by atoms with E-state index in [1.165, 1.54) is 6.42 Å². The number of likely N-dealkylation sites (tertiary alicyclic amines) is 1. The van der Waals surface area contributed by atoms with E-state index < -0.39 is 12.2 Å². The average Bonchev–Trinajstić information content (AvgIpc) is 2.51. The van der Waals surface area contributed by atoms with Crippen LogP contribution in [0.15, 0.2) is 0 Å². The zero-order valence-corrected chi connectivity index (χ0v) is 9.43. The first-order valence-electron chi connectivity index (χ1n) is 6.07. The quantitative estimate of drug-likeness (QED) is 0.543. The molecule has 2 aliphatic heterocycles. The lowest BCUT2D eigenvalue weighted by Crippen LogP contribution is -2.45. The second-order valence-electron chi connectivity index (χ2n) is 4.73. The van der Waals surface area contributed by atoms with Crippen molar-refractivity contribution in [3.05, 3.63) is 0 Å². The highest BCUT2D eigenvalue weighted by Gasteiger charge is 2.35. The maximum atomic E-state index is 12.1. The molecule has 0 aliphatic carbocycles. The molecule has 2 rings (SSSR count). The number of hydrogen-bond donors (Lipinski definition) is 3. The first-order chi connectivity index (χ1) is 7.68. The van der Waals surface area contributed by atoms with Crippen LogP contribution >= 0.6 is 0 Å². The van der Waals surface area contributed by atoms with Crippen molar-refractivity contribution in [1.29, 1.82) is 0 Å². The molecule has 5 nitrogen and oxygen atoms in total. The van der Waals surface area contributed by atoms with Crippen molar-refractivity contribution >= 4 is 5.91 Å². The fraction of sp³-hybridized carbons (Fsp3) is 0.909. The number of aliphatic hydroxyl groups excluding tert-OH is 2. The summed E-state index contributed by atoms with van der Waals surface area (Å²) >= 11 is 0. The topological polar surface area (TPSA) is 72.8 Å². The SMILES string of the molecule is O=C(C1CCCCCN1)N1CC(O)C(O)C1. The summed E-state index contributed by atoms with van der Waals surface area (Å²) in [5, 5.41) is 22.0. The molecule has 2 saturated heterocycles. The number of rotatable bonds is 1. The molecule has 0 aromatic carbocycles. The van der Waals surface area contributed by atoms with Gasteiger partial charge in [0.15, 0.2) is 0 Å². The molecule has 0 saturated carbocycles. The summed E-state index contributed by atoms with van der Waals surface area (Å²) in [4.78, 5) is 13.7. The minimum Gasteiger partial charge on any atom is -0.388 e. The van der Waals surface area contributed by atoms with Gasteiger partial charge in [0.1, 0.15) is 0 Å². The fourth-order valence-electron chi connectivity index (χ4n) is 2.41. The van der Waals surface area contributed by atoms with E-state index in [1.807, 2.05) is 0 Å². The molecule has 16 heavy (non-hydrogen) atoms. The number of nitrogens with zero attached hydrogens (tertiary/aromatic N) is 1. The van der Waals surface area contributed by atoms with Crippen molar-refractivity contribution in [2.45, 2.75) is 43.9 Å². The van der Waals surface area contributed by atoms with Gasteiger partial charge in [-0.25, -0.2) is 0 Å². The molecule has 1 amide bonds. The highest BCUT2D eigenvalue weighted by molar-refractivity contribution is 5.82. The number of hydrogen-bond acceptors (Lipinski definition) is 4. The van der Waals surface area contributed by atoms with Gasteiger partial charge in [0, 0.05) is 13.1 Å². The van der Waals surface area contributed by atoms with Gasteiger partial charge in [-0.2, -0.15) is 0 Å². The largest absolute Gasteiger partial charge is 0.388 e. The van der Waals surface area contributed by atoms with Crippen molar-refractivity contribution in [3.63, 3.8) is 0 Å². The van der Waals surface area contributed by atoms with Gasteiger partial charge in [-0.1, -0.05) is 12.8 Å². The highest BCUT2D eigenvalue weighted by Crippen LogP contribution is 2.15. The number of β-amino-alcohol motifs (C(OH)–C–C–N with tert-alkyl or cyclic N) is 2. The molecule has 0 aromatic rings. The van der Waals surface area contributed by atoms with Crippen LogP contribution in [0.1, 0.15) is 25.7 Å². The molecule has 92 valence electrons. The van der Waals surface area contributed by atoms with E-state index in [9.17, 15) is 15.0 Å². The maximum absolute atomic E-state index is 12.1. The molecule has 3 atom stereocenters. The number of carbonyl (C=O) groups is 1. The summed E-state index contributed by atoms with van der Waals surface area (Å²) in [5.41, 5.74) is 0. The van der Waals surface area contributed by atoms with Crippen LogP contribution in [0.5, 0.6) is 0 Å². The van der Waals surface area contributed by atoms with Gasteiger partial charge in [-0.05, 0) is 19.4 Å². The van der Waals surface area contributed by atoms with Crippen LogP contribution in [0.25, 0.3) is 0 Å². The summed E-state index contributed by atoms with van der Waals surface area (Å²) in [7, 11) is 0. The van der Waals surface area contributed by atoms with Crippen molar-refractivity contribution in [2.24, 2.45) is 0 Å². The monoisotopic (exact) mass is 228 g/mol. The number of carbonyl (C=O) groups excluding carboxylic acids is 1. The Morgan fingerprint density at radius 1 is 1.12 bits per heavy atom. The summed E-state index contributed by atoms with van der Waals surface area (Å²) in [5.74, 6) is 0.0255. The lowest BCUT2D eigenvalue weighted by molar-refractivity contribution is -0.133. The Morgan fingerprint density at radius 3 is 2.50 bits per heavy atom. The third-order valence-corrected chi connectivity index (χ3v) is 3.43. The fourth-order valence-corrected chi connectivity index (χ4v) is 2.41. The predicted octanol–water partition coefficient (Wildman–Crippen LogP) is -0.917. The maximum Gasteiger partial charge on any atom is 0.239 e. The third kappa shape index (κ3) is 2.53. The van der Waals surface area contributed by atoms with Gasteiger partial charge >= 0.3 is 0 Å². The highest BCUT2D eigenvalue weighted by atomic mass is 16.3. The van der Waals surface area contributed by atoms with Crippen LogP contribution in [0.2, 0.25) is 0 Å². The Hall–Kier alpha value is -0.650. The zero-order chi connectivity index (χ0) is 11.5. The molecule has 0 aromatic heterocycles. The van der Waals surface area contributed by atoms with Gasteiger partial charge in [-0.15, -0.1) is 0 Å². The van der Waals surface area contributed by atoms with Crippen molar-refractivity contribution in [3.8, 4) is 0 Å². The second kappa shape index (κ2) is 5.12. The molecule has 3 unspecified atom stereocenters. The van der Waals surface area contributed by atoms with Crippen LogP contribution in [-0.2, 0) is 4.79 Å². The van der Waals surface area contributed by atoms with E-state index in [0.717, 1.165) is 25.8 Å². The van der Waals surface area contributed by atoms with E-state index in [1.54, 1.807) is 4.90 Å². The Kier molecular flexibility index (Phi) is 3.78. The number of nitrogens with one attached hydrogen (secondary N) is 1. The van der Waals surface area contributed by atoms with Crippen molar-refractivity contribution in [2.75, 3.05) is 19.6 Å². The van der Waals surface area contributed by atoms with E-state index in [4.69, 9.17) is 0 Å². The molecule has 0 radical (unpaired) electrons. The number of aliphatic hydroxyl groups is 2. The average molecular weight is 228 g/mol. The standard InChI is InChI=1S/C11H20N2O3/c14-9-6-13(7-10(9)15)11(16)8-4-2-1-3-5-12-8/h8-10,12,14-15H,1-7H2. The van der Waals surface area contributed by atoms with Crippen LogP contribution in [0.4, 0.5) is 0 Å². The lowest BCUT2D eigenvalue weighted by Gasteiger charge is -2.22. The molecule has 2 fully saturated rings. The Morgan fingerprint density at radius 2 is 1.81 bits per heavy atom. The third-order valence-electron chi connectivity index (χ3n) is 3.43. The first kappa shape index (κ1) is 11.8. The van der Waals surface area contributed by atoms with E-state index >= 15 is 0 Å². The summed E-state index contributed by atoms with van der Waals surface area (Å²) in [6.07, 6.45) is 2.66. The van der Waals surface area contributed by atoms with Gasteiger partial charge in [0.25, 0.3) is 0 Å². The minimum absolute atomic E-state index is 0.0255. The zero-order valence-electron chi connectivity index (χ0n) is 9.43. The van der Waals surface area contributed by atoms with E-state index in [0.29, 0.717) is 0 Å². The van der Waals surface area contributed by atoms with E-state index in [2.05, 4.69) is 5.32 Å². The Balaban J connectivity index is 1.91. The normalized spacial score (nSPS) is 36.1. The molecular weight excluding hydrogens is 208 g/mol. The predicted molar refractivity (Wildman–Crippen MR) is 58.9 cm³/mol. The molecule has 3 N–H and O–H groups in total. The van der Waals surface area contributed by atoms with Crippen LogP contribution in [-0.4, -0.2) is 58.9 Å². The molecular formula is C11H20N2O3. The van der Waals surface area contributed by atoms with Gasteiger partial charge in [-0.3, -0.25) is 4.79 Å². The van der Waals surface area contributed by atoms with Gasteiger partial charge < -0.3 is 20.4 Å². The van der Waals surface area contributed by atoms with Crippen LogP contribution in [0.3, 0.4) is 0 Å². The van der Waals surface area contributed by atoms with E-state index in [-0.39, 0.29) is 25.0 Å². The minimum atomic E-state index is -0.783. The van der Waals surface area contributed by atoms with Crippen LogP contribution in [0, 0.1) is 0 Å². The number of amides is 1. The molecule has 5 heteroatoms. The van der Waals surface area contributed by atoms with Crippen molar-refractivity contribution in [1.82, 2.24) is 10.2 Å². The smallest absolute Gasteiger partial charge is 0.239 e. The second-order valence-corrected chi connectivity index (χ2v) is 4.73. The Labute approximate surface area is 95.4 Å². The lowest BCUT2D eigenvalue weighted by atomic mass is 10.1. The molecule has 0 spiro atoms. The van der Waals surface area contributed by atoms with Crippen molar-refractivity contribution < 1.29 is 15.0 Å².